The molecule has 3 atom stereocenters. The van der Waals surface area contributed by atoms with E-state index in [2.05, 4.69) is 19.2 Å². The zero-order valence-electron chi connectivity index (χ0n) is 16.6. The Morgan fingerprint density at radius 1 is 1.21 bits per heavy atom. The predicted molar refractivity (Wildman–Crippen MR) is 110 cm³/mol. The van der Waals surface area contributed by atoms with E-state index in [1.165, 1.54) is 0 Å². The summed E-state index contributed by atoms with van der Waals surface area (Å²) in [6.45, 7) is 5.55. The Hall–Kier alpha value is -2.53. The Kier molecular flexibility index (Phi) is 5.53. The van der Waals surface area contributed by atoms with Gasteiger partial charge in [-0.1, -0.05) is 37.3 Å². The highest BCUT2D eigenvalue weighted by Crippen LogP contribution is 2.38. The lowest BCUT2D eigenvalue weighted by Crippen LogP contribution is -2.47. The summed E-state index contributed by atoms with van der Waals surface area (Å²) in [4.78, 5) is 15.2. The molecule has 0 saturated carbocycles. The topological polar surface area (TPSA) is 50.8 Å². The van der Waals surface area contributed by atoms with Gasteiger partial charge in [-0.2, -0.15) is 0 Å². The van der Waals surface area contributed by atoms with E-state index in [1.54, 1.807) is 0 Å². The van der Waals surface area contributed by atoms with Crippen LogP contribution in [-0.4, -0.2) is 36.2 Å². The van der Waals surface area contributed by atoms with Crippen LogP contribution in [0.25, 0.3) is 0 Å². The molecule has 2 aliphatic rings. The molecule has 0 aliphatic carbocycles. The molecule has 0 spiro atoms. The standard InChI is InChI=1S/C23H28N2O3/c1-3-16(2)25-22(24-20-12-6-4-10-18(20)23(25)26)19-11-5-7-13-21(19)28-15-17-9-8-14-27-17/h4-7,10-13,16-17,22,24H,3,8-9,14-15H2,1-2H3. The largest absolute Gasteiger partial charge is 0.490 e. The number of nitrogens with one attached hydrogen (secondary N) is 1. The van der Waals surface area contributed by atoms with Crippen molar-refractivity contribution in [2.45, 2.75) is 51.4 Å². The van der Waals surface area contributed by atoms with E-state index in [-0.39, 0.29) is 24.2 Å². The number of rotatable bonds is 6. The van der Waals surface area contributed by atoms with Gasteiger partial charge >= 0.3 is 0 Å². The number of benzene rings is 2. The third kappa shape index (κ3) is 3.59. The van der Waals surface area contributed by atoms with E-state index in [9.17, 15) is 4.79 Å². The Morgan fingerprint density at radius 3 is 2.79 bits per heavy atom. The number of carbonyl (C=O) groups is 1. The second-order valence-electron chi connectivity index (χ2n) is 7.55. The zero-order valence-corrected chi connectivity index (χ0v) is 16.6. The van der Waals surface area contributed by atoms with Crippen molar-refractivity contribution in [2.75, 3.05) is 18.5 Å². The quantitative estimate of drug-likeness (QED) is 0.795. The first-order chi connectivity index (χ1) is 13.7. The molecule has 1 saturated heterocycles. The molecule has 2 aromatic carbocycles. The van der Waals surface area contributed by atoms with E-state index < -0.39 is 0 Å². The molecule has 2 aliphatic heterocycles. The summed E-state index contributed by atoms with van der Waals surface area (Å²) >= 11 is 0. The van der Waals surface area contributed by atoms with E-state index >= 15 is 0 Å². The van der Waals surface area contributed by atoms with Crippen LogP contribution in [0.3, 0.4) is 0 Å². The molecule has 0 radical (unpaired) electrons. The molecular formula is C23H28N2O3. The fourth-order valence-electron chi connectivity index (χ4n) is 3.94. The molecule has 4 rings (SSSR count). The number of para-hydroxylation sites is 2. The lowest BCUT2D eigenvalue weighted by atomic mass is 10.00. The smallest absolute Gasteiger partial charge is 0.258 e. The van der Waals surface area contributed by atoms with Crippen LogP contribution in [0.2, 0.25) is 0 Å². The summed E-state index contributed by atoms with van der Waals surface area (Å²) in [7, 11) is 0. The van der Waals surface area contributed by atoms with Crippen LogP contribution in [0.5, 0.6) is 5.75 Å². The molecule has 1 N–H and O–H groups in total. The monoisotopic (exact) mass is 380 g/mol. The SMILES string of the molecule is CCC(C)N1C(=O)c2ccccc2NC1c1ccccc1OCC1CCCO1. The van der Waals surface area contributed by atoms with Crippen molar-refractivity contribution >= 4 is 11.6 Å². The number of hydrogen-bond donors (Lipinski definition) is 1. The van der Waals surface area contributed by atoms with Crippen molar-refractivity contribution in [3.8, 4) is 5.75 Å². The number of amides is 1. The van der Waals surface area contributed by atoms with Crippen molar-refractivity contribution in [1.82, 2.24) is 4.90 Å². The number of hydrogen-bond acceptors (Lipinski definition) is 4. The van der Waals surface area contributed by atoms with Crippen molar-refractivity contribution in [2.24, 2.45) is 0 Å². The van der Waals surface area contributed by atoms with E-state index in [0.29, 0.717) is 6.61 Å². The van der Waals surface area contributed by atoms with Gasteiger partial charge in [0.15, 0.2) is 0 Å². The molecule has 0 aromatic heterocycles. The molecule has 5 nitrogen and oxygen atoms in total. The van der Waals surface area contributed by atoms with E-state index in [1.807, 2.05) is 53.4 Å². The zero-order chi connectivity index (χ0) is 19.5. The van der Waals surface area contributed by atoms with Crippen LogP contribution in [0.4, 0.5) is 5.69 Å². The maximum absolute atomic E-state index is 13.3. The van der Waals surface area contributed by atoms with Crippen LogP contribution in [-0.2, 0) is 4.74 Å². The predicted octanol–water partition coefficient (Wildman–Crippen LogP) is 4.61. The lowest BCUT2D eigenvalue weighted by Gasteiger charge is -2.42. The van der Waals surface area contributed by atoms with Crippen LogP contribution in [0, 0.1) is 0 Å². The fourth-order valence-corrected chi connectivity index (χ4v) is 3.94. The van der Waals surface area contributed by atoms with Gasteiger partial charge in [-0.15, -0.1) is 0 Å². The van der Waals surface area contributed by atoms with Crippen molar-refractivity contribution < 1.29 is 14.3 Å². The van der Waals surface area contributed by atoms with Crippen LogP contribution in [0.1, 0.15) is 55.2 Å². The average Bonchev–Trinajstić information content (AvgIpc) is 3.25. The van der Waals surface area contributed by atoms with Gasteiger partial charge < -0.3 is 19.7 Å². The highest BCUT2D eigenvalue weighted by Gasteiger charge is 2.36. The molecular weight excluding hydrogens is 352 g/mol. The molecule has 28 heavy (non-hydrogen) atoms. The molecule has 3 unspecified atom stereocenters. The molecule has 2 aromatic rings. The summed E-state index contributed by atoms with van der Waals surface area (Å²) in [6.07, 6.45) is 2.89. The number of fused-ring (bicyclic) bond motifs is 1. The first-order valence-electron chi connectivity index (χ1n) is 10.2. The number of nitrogens with zero attached hydrogens (tertiary/aromatic N) is 1. The van der Waals surface area contributed by atoms with Crippen LogP contribution < -0.4 is 10.1 Å². The Labute approximate surface area is 166 Å². The maximum atomic E-state index is 13.3. The van der Waals surface area contributed by atoms with Crippen molar-refractivity contribution in [3.63, 3.8) is 0 Å². The molecule has 148 valence electrons. The van der Waals surface area contributed by atoms with Gasteiger partial charge in [-0.3, -0.25) is 4.79 Å². The highest BCUT2D eigenvalue weighted by molar-refractivity contribution is 6.02. The highest BCUT2D eigenvalue weighted by atomic mass is 16.5. The van der Waals surface area contributed by atoms with Gasteiger partial charge in [0.25, 0.3) is 5.91 Å². The summed E-state index contributed by atoms with van der Waals surface area (Å²) in [5.41, 5.74) is 2.56. The fraction of sp³-hybridized carbons (Fsp3) is 0.435. The second-order valence-corrected chi connectivity index (χ2v) is 7.55. The number of anilines is 1. The molecule has 1 amide bonds. The summed E-state index contributed by atoms with van der Waals surface area (Å²) in [5.74, 6) is 0.860. The van der Waals surface area contributed by atoms with E-state index in [0.717, 1.165) is 48.4 Å². The van der Waals surface area contributed by atoms with Gasteiger partial charge in [-0.25, -0.2) is 0 Å². The maximum Gasteiger partial charge on any atom is 0.258 e. The Bertz CT molecular complexity index is 832. The second kappa shape index (κ2) is 8.23. The third-order valence-electron chi connectivity index (χ3n) is 5.69. The van der Waals surface area contributed by atoms with Gasteiger partial charge in [0.1, 0.15) is 18.5 Å². The Balaban J connectivity index is 1.67. The number of carbonyl (C=O) groups excluding carboxylic acids is 1. The molecule has 1 fully saturated rings. The molecule has 5 heteroatoms. The first-order valence-corrected chi connectivity index (χ1v) is 10.2. The van der Waals surface area contributed by atoms with Gasteiger partial charge in [-0.05, 0) is 44.4 Å². The van der Waals surface area contributed by atoms with Gasteiger partial charge in [0.2, 0.25) is 0 Å². The summed E-state index contributed by atoms with van der Waals surface area (Å²) in [6, 6.07) is 15.8. The minimum absolute atomic E-state index is 0.0580. The van der Waals surface area contributed by atoms with Crippen LogP contribution in [0.15, 0.2) is 48.5 Å². The molecule has 2 heterocycles. The normalized spacial score (nSPS) is 22.5. The Morgan fingerprint density at radius 2 is 2.00 bits per heavy atom. The van der Waals surface area contributed by atoms with Gasteiger partial charge in [0, 0.05) is 23.9 Å². The number of ether oxygens (including phenoxy) is 2. The average molecular weight is 380 g/mol. The third-order valence-corrected chi connectivity index (χ3v) is 5.69. The lowest BCUT2D eigenvalue weighted by molar-refractivity contribution is 0.0569. The van der Waals surface area contributed by atoms with E-state index in [4.69, 9.17) is 9.47 Å². The minimum Gasteiger partial charge on any atom is -0.490 e. The van der Waals surface area contributed by atoms with Gasteiger partial charge in [0.05, 0.1) is 11.7 Å². The minimum atomic E-state index is -0.266. The summed E-state index contributed by atoms with van der Waals surface area (Å²) < 4.78 is 11.9. The summed E-state index contributed by atoms with van der Waals surface area (Å²) in [5, 5.41) is 3.57. The van der Waals surface area contributed by atoms with Crippen molar-refractivity contribution in [3.05, 3.63) is 59.7 Å². The van der Waals surface area contributed by atoms with Crippen LogP contribution >= 0.6 is 0 Å². The molecule has 0 bridgehead atoms. The first kappa shape index (κ1) is 18.8. The van der Waals surface area contributed by atoms with Crippen molar-refractivity contribution in [1.29, 1.82) is 0 Å².